The number of nitrogens with zero attached hydrogens (tertiary/aromatic N) is 1. The molecule has 1 fully saturated rings. The second kappa shape index (κ2) is 8.90. The Morgan fingerprint density at radius 1 is 1.12 bits per heavy atom. The molecule has 0 atom stereocenters. The summed E-state index contributed by atoms with van der Waals surface area (Å²) in [5.74, 6) is -0.250. The van der Waals surface area contributed by atoms with Crippen LogP contribution in [0.2, 0.25) is 0 Å². The summed E-state index contributed by atoms with van der Waals surface area (Å²) in [6, 6.07) is 6.34. The zero-order valence-corrected chi connectivity index (χ0v) is 13.9. The molecule has 4 amide bonds. The smallest absolute Gasteiger partial charge is 0.319 e. The van der Waals surface area contributed by atoms with Gasteiger partial charge in [-0.1, -0.05) is 13.0 Å². The van der Waals surface area contributed by atoms with E-state index in [1.807, 2.05) is 11.8 Å². The molecule has 0 spiro atoms. The van der Waals surface area contributed by atoms with Gasteiger partial charge in [-0.25, -0.2) is 4.79 Å². The third-order valence-corrected chi connectivity index (χ3v) is 3.74. The van der Waals surface area contributed by atoms with Gasteiger partial charge in [-0.15, -0.1) is 0 Å². The van der Waals surface area contributed by atoms with Crippen molar-refractivity contribution in [3.63, 3.8) is 0 Å². The minimum Gasteiger partial charge on any atom is -0.355 e. The SMILES string of the molecule is CCCNC(=O)CNC(=O)Nc1cccc(C(=O)N2CCCC2)c1. The molecule has 3 N–H and O–H groups in total. The number of urea groups is 1. The number of anilines is 1. The highest BCUT2D eigenvalue weighted by Gasteiger charge is 2.19. The molecule has 0 bridgehead atoms. The largest absolute Gasteiger partial charge is 0.355 e. The molecule has 24 heavy (non-hydrogen) atoms. The fourth-order valence-corrected chi connectivity index (χ4v) is 2.50. The molecule has 0 aliphatic carbocycles. The molecule has 0 unspecified atom stereocenters. The third-order valence-electron chi connectivity index (χ3n) is 3.74. The Kier molecular flexibility index (Phi) is 6.60. The molecule has 0 radical (unpaired) electrons. The van der Waals surface area contributed by atoms with Crippen LogP contribution in [0.5, 0.6) is 0 Å². The molecule has 0 aromatic heterocycles. The predicted octanol–water partition coefficient (Wildman–Crippen LogP) is 1.57. The maximum Gasteiger partial charge on any atom is 0.319 e. The summed E-state index contributed by atoms with van der Waals surface area (Å²) in [7, 11) is 0. The van der Waals surface area contributed by atoms with E-state index in [0.29, 0.717) is 17.8 Å². The van der Waals surface area contributed by atoms with Crippen LogP contribution in [0.15, 0.2) is 24.3 Å². The van der Waals surface area contributed by atoms with Crippen LogP contribution in [0.3, 0.4) is 0 Å². The van der Waals surface area contributed by atoms with Crippen LogP contribution in [-0.4, -0.2) is 48.9 Å². The first-order valence-electron chi connectivity index (χ1n) is 8.31. The average molecular weight is 332 g/mol. The summed E-state index contributed by atoms with van der Waals surface area (Å²) in [4.78, 5) is 37.4. The van der Waals surface area contributed by atoms with E-state index in [1.165, 1.54) is 0 Å². The highest BCUT2D eigenvalue weighted by Crippen LogP contribution is 2.16. The van der Waals surface area contributed by atoms with E-state index in [9.17, 15) is 14.4 Å². The molecule has 7 heteroatoms. The van der Waals surface area contributed by atoms with Crippen LogP contribution >= 0.6 is 0 Å². The molecule has 1 aromatic carbocycles. The van der Waals surface area contributed by atoms with Gasteiger partial charge in [-0.3, -0.25) is 9.59 Å². The Hall–Kier alpha value is -2.57. The number of benzene rings is 1. The lowest BCUT2D eigenvalue weighted by Gasteiger charge is -2.16. The number of amides is 4. The van der Waals surface area contributed by atoms with Crippen LogP contribution in [0, 0.1) is 0 Å². The van der Waals surface area contributed by atoms with Crippen molar-refractivity contribution in [1.29, 1.82) is 0 Å². The Morgan fingerprint density at radius 3 is 2.58 bits per heavy atom. The summed E-state index contributed by atoms with van der Waals surface area (Å²) < 4.78 is 0. The normalized spacial score (nSPS) is 13.5. The van der Waals surface area contributed by atoms with Crippen LogP contribution in [0.4, 0.5) is 10.5 Å². The molecule has 1 aliphatic rings. The van der Waals surface area contributed by atoms with Gasteiger partial charge in [0.15, 0.2) is 0 Å². The molecule has 0 saturated carbocycles. The number of rotatable bonds is 6. The maximum absolute atomic E-state index is 12.3. The van der Waals surface area contributed by atoms with Gasteiger partial charge in [0.05, 0.1) is 6.54 Å². The molecule has 1 heterocycles. The van der Waals surface area contributed by atoms with Crippen molar-refractivity contribution in [1.82, 2.24) is 15.5 Å². The van der Waals surface area contributed by atoms with Crippen molar-refractivity contribution < 1.29 is 14.4 Å². The Labute approximate surface area is 141 Å². The number of carbonyl (C=O) groups excluding carboxylic acids is 3. The lowest BCUT2D eigenvalue weighted by Crippen LogP contribution is -2.39. The quantitative estimate of drug-likeness (QED) is 0.738. The summed E-state index contributed by atoms with van der Waals surface area (Å²) in [5.41, 5.74) is 1.07. The lowest BCUT2D eigenvalue weighted by atomic mass is 10.2. The summed E-state index contributed by atoms with van der Waals surface area (Å²) in [6.45, 7) is 4.02. The van der Waals surface area contributed by atoms with Gasteiger partial charge >= 0.3 is 6.03 Å². The van der Waals surface area contributed by atoms with Gasteiger partial charge in [0.25, 0.3) is 5.91 Å². The number of likely N-dealkylation sites (tertiary alicyclic amines) is 1. The van der Waals surface area contributed by atoms with Gasteiger partial charge in [0, 0.05) is 30.9 Å². The average Bonchev–Trinajstić information content (AvgIpc) is 3.12. The zero-order chi connectivity index (χ0) is 17.4. The first-order valence-corrected chi connectivity index (χ1v) is 8.31. The predicted molar refractivity (Wildman–Crippen MR) is 91.9 cm³/mol. The fraction of sp³-hybridized carbons (Fsp3) is 0.471. The zero-order valence-electron chi connectivity index (χ0n) is 13.9. The fourth-order valence-electron chi connectivity index (χ4n) is 2.50. The van der Waals surface area contributed by atoms with Crippen LogP contribution in [0.1, 0.15) is 36.5 Å². The molecule has 2 rings (SSSR count). The molecule has 130 valence electrons. The molecule has 7 nitrogen and oxygen atoms in total. The molecule has 1 saturated heterocycles. The van der Waals surface area contributed by atoms with E-state index in [0.717, 1.165) is 32.4 Å². The van der Waals surface area contributed by atoms with E-state index in [2.05, 4.69) is 16.0 Å². The molecule has 1 aliphatic heterocycles. The van der Waals surface area contributed by atoms with Crippen LogP contribution in [0.25, 0.3) is 0 Å². The van der Waals surface area contributed by atoms with Gasteiger partial charge < -0.3 is 20.9 Å². The van der Waals surface area contributed by atoms with E-state index in [1.54, 1.807) is 24.3 Å². The summed E-state index contributed by atoms with van der Waals surface area (Å²) in [5, 5.41) is 7.80. The first kappa shape index (κ1) is 17.8. The number of nitrogens with one attached hydrogen (secondary N) is 3. The number of hydrogen-bond acceptors (Lipinski definition) is 3. The third kappa shape index (κ3) is 5.26. The van der Waals surface area contributed by atoms with E-state index < -0.39 is 6.03 Å². The lowest BCUT2D eigenvalue weighted by molar-refractivity contribution is -0.120. The van der Waals surface area contributed by atoms with Gasteiger partial charge in [0.1, 0.15) is 0 Å². The minimum absolute atomic E-state index is 0.0181. The highest BCUT2D eigenvalue weighted by molar-refractivity contribution is 5.97. The van der Waals surface area contributed by atoms with E-state index >= 15 is 0 Å². The summed E-state index contributed by atoms with van der Waals surface area (Å²) in [6.07, 6.45) is 2.91. The van der Waals surface area contributed by atoms with Crippen molar-refractivity contribution in [3.8, 4) is 0 Å². The van der Waals surface area contributed by atoms with Crippen molar-refractivity contribution in [2.75, 3.05) is 31.5 Å². The Bertz CT molecular complexity index is 597. The minimum atomic E-state index is -0.479. The molecule has 1 aromatic rings. The van der Waals surface area contributed by atoms with Crippen molar-refractivity contribution in [2.24, 2.45) is 0 Å². The van der Waals surface area contributed by atoms with Crippen molar-refractivity contribution in [2.45, 2.75) is 26.2 Å². The van der Waals surface area contributed by atoms with Crippen molar-refractivity contribution in [3.05, 3.63) is 29.8 Å². The van der Waals surface area contributed by atoms with Gasteiger partial charge in [-0.2, -0.15) is 0 Å². The molecular formula is C17H24N4O3. The first-order chi connectivity index (χ1) is 11.6. The van der Waals surface area contributed by atoms with E-state index in [4.69, 9.17) is 0 Å². The Morgan fingerprint density at radius 2 is 1.88 bits per heavy atom. The second-order valence-corrected chi connectivity index (χ2v) is 5.74. The topological polar surface area (TPSA) is 90.5 Å². The Balaban J connectivity index is 1.86. The number of carbonyl (C=O) groups is 3. The second-order valence-electron chi connectivity index (χ2n) is 5.74. The highest BCUT2D eigenvalue weighted by atomic mass is 16.2. The van der Waals surface area contributed by atoms with Gasteiger partial charge in [-0.05, 0) is 37.5 Å². The van der Waals surface area contributed by atoms with Crippen LogP contribution < -0.4 is 16.0 Å². The summed E-state index contributed by atoms with van der Waals surface area (Å²) >= 11 is 0. The van der Waals surface area contributed by atoms with E-state index in [-0.39, 0.29) is 18.4 Å². The monoisotopic (exact) mass is 332 g/mol. The molecular weight excluding hydrogens is 308 g/mol. The maximum atomic E-state index is 12.3. The number of hydrogen-bond donors (Lipinski definition) is 3. The van der Waals surface area contributed by atoms with Gasteiger partial charge in [0.2, 0.25) is 5.91 Å². The standard InChI is InChI=1S/C17H24N4O3/c1-2-8-18-15(22)12-19-17(24)20-14-7-5-6-13(11-14)16(23)21-9-3-4-10-21/h5-7,11H,2-4,8-10,12H2,1H3,(H,18,22)(H2,19,20,24). The van der Waals surface area contributed by atoms with Crippen LogP contribution in [-0.2, 0) is 4.79 Å². The van der Waals surface area contributed by atoms with Crippen molar-refractivity contribution >= 4 is 23.5 Å².